The normalized spacial score (nSPS) is 10.3. The van der Waals surface area contributed by atoms with Crippen LogP contribution in [0.3, 0.4) is 0 Å². The number of esters is 1. The van der Waals surface area contributed by atoms with Crippen molar-refractivity contribution in [3.05, 3.63) is 58.7 Å². The summed E-state index contributed by atoms with van der Waals surface area (Å²) in [5.74, 6) is -1.28. The van der Waals surface area contributed by atoms with Crippen LogP contribution in [0.15, 0.2) is 36.4 Å². The van der Waals surface area contributed by atoms with Gasteiger partial charge in [-0.05, 0) is 62.1 Å². The molecule has 2 aromatic rings. The monoisotopic (exact) mass is 382 g/mol. The van der Waals surface area contributed by atoms with Gasteiger partial charge >= 0.3 is 5.97 Å². The third-order valence-electron chi connectivity index (χ3n) is 4.46. The lowest BCUT2D eigenvalue weighted by Crippen LogP contribution is -2.22. The Morgan fingerprint density at radius 2 is 1.46 bits per heavy atom. The Balaban J connectivity index is 1.74. The fourth-order valence-electron chi connectivity index (χ4n) is 2.66. The number of hydrogen-bond donors (Lipinski definition) is 2. The number of anilines is 2. The molecule has 2 N–H and O–H groups in total. The minimum Gasteiger partial charge on any atom is -0.456 e. The van der Waals surface area contributed by atoms with Crippen LogP contribution in [0.4, 0.5) is 11.4 Å². The maximum Gasteiger partial charge on any atom is 0.306 e. The number of amides is 2. The molecule has 0 atom stereocenters. The average Bonchev–Trinajstić information content (AvgIpc) is 2.64. The van der Waals surface area contributed by atoms with Crippen molar-refractivity contribution in [2.24, 2.45) is 0 Å². The molecule has 6 heteroatoms. The molecule has 6 nitrogen and oxygen atoms in total. The molecule has 28 heavy (non-hydrogen) atoms. The number of aryl methyl sites for hydroxylation is 4. The zero-order chi connectivity index (χ0) is 20.7. The van der Waals surface area contributed by atoms with Crippen molar-refractivity contribution in [1.82, 2.24) is 0 Å². The largest absolute Gasteiger partial charge is 0.456 e. The second-order valence-electron chi connectivity index (χ2n) is 6.82. The van der Waals surface area contributed by atoms with Crippen LogP contribution in [0.5, 0.6) is 0 Å². The van der Waals surface area contributed by atoms with Crippen LogP contribution in [-0.2, 0) is 19.1 Å². The molecular formula is C22H26N2O4. The van der Waals surface area contributed by atoms with Crippen molar-refractivity contribution < 1.29 is 19.1 Å². The highest BCUT2D eigenvalue weighted by molar-refractivity contribution is 5.95. The van der Waals surface area contributed by atoms with Gasteiger partial charge in [-0.1, -0.05) is 24.3 Å². The number of para-hydroxylation sites is 1. The van der Waals surface area contributed by atoms with Crippen LogP contribution in [0.1, 0.15) is 35.1 Å². The quantitative estimate of drug-likeness (QED) is 0.713. The van der Waals surface area contributed by atoms with Crippen LogP contribution < -0.4 is 10.6 Å². The van der Waals surface area contributed by atoms with Gasteiger partial charge in [-0.3, -0.25) is 14.4 Å². The third-order valence-corrected chi connectivity index (χ3v) is 4.46. The van der Waals surface area contributed by atoms with Gasteiger partial charge < -0.3 is 15.4 Å². The zero-order valence-electron chi connectivity index (χ0n) is 16.7. The third kappa shape index (κ3) is 6.23. The average molecular weight is 382 g/mol. The molecule has 0 heterocycles. The first-order valence-corrected chi connectivity index (χ1v) is 9.15. The molecule has 0 aromatic heterocycles. The van der Waals surface area contributed by atoms with E-state index in [-0.39, 0.29) is 25.4 Å². The molecule has 0 spiro atoms. The Kier molecular flexibility index (Phi) is 7.32. The van der Waals surface area contributed by atoms with E-state index in [4.69, 9.17) is 4.74 Å². The number of benzene rings is 2. The Bertz CT molecular complexity index is 870. The fraction of sp³-hybridized carbons (Fsp3) is 0.318. The number of hydrogen-bond acceptors (Lipinski definition) is 4. The molecule has 0 saturated carbocycles. The Labute approximate surface area is 165 Å². The first kappa shape index (κ1) is 21.2. The van der Waals surface area contributed by atoms with Gasteiger partial charge in [-0.2, -0.15) is 0 Å². The molecule has 0 radical (unpaired) electrons. The van der Waals surface area contributed by atoms with E-state index in [2.05, 4.69) is 10.6 Å². The summed E-state index contributed by atoms with van der Waals surface area (Å²) < 4.78 is 4.96. The van der Waals surface area contributed by atoms with Crippen molar-refractivity contribution in [1.29, 1.82) is 0 Å². The van der Waals surface area contributed by atoms with Crippen LogP contribution in [-0.4, -0.2) is 24.4 Å². The van der Waals surface area contributed by atoms with E-state index in [0.29, 0.717) is 5.69 Å². The standard InChI is InChI=1S/C22H26N2O4/c1-14-8-9-18(12-17(14)4)23-19(25)10-11-21(27)28-13-20(26)24-22-15(2)6-5-7-16(22)3/h5-9,12H,10-11,13H2,1-4H3,(H,23,25)(H,24,26). The lowest BCUT2D eigenvalue weighted by molar-refractivity contribution is -0.147. The smallest absolute Gasteiger partial charge is 0.306 e. The number of ether oxygens (including phenoxy) is 1. The van der Waals surface area contributed by atoms with Crippen LogP contribution in [0.2, 0.25) is 0 Å². The maximum atomic E-state index is 12.0. The Morgan fingerprint density at radius 3 is 2.11 bits per heavy atom. The maximum absolute atomic E-state index is 12.0. The van der Waals surface area contributed by atoms with Gasteiger partial charge in [0.25, 0.3) is 5.91 Å². The van der Waals surface area contributed by atoms with E-state index >= 15 is 0 Å². The number of carbonyl (C=O) groups is 3. The predicted octanol–water partition coefficient (Wildman–Crippen LogP) is 3.82. The van der Waals surface area contributed by atoms with E-state index in [1.165, 1.54) is 0 Å². The van der Waals surface area contributed by atoms with Crippen molar-refractivity contribution in [3.63, 3.8) is 0 Å². The molecule has 0 aliphatic rings. The molecule has 0 unspecified atom stereocenters. The minimum absolute atomic E-state index is 0.00964. The van der Waals surface area contributed by atoms with E-state index in [0.717, 1.165) is 27.9 Å². The second kappa shape index (κ2) is 9.69. The second-order valence-corrected chi connectivity index (χ2v) is 6.82. The van der Waals surface area contributed by atoms with E-state index in [1.807, 2.05) is 64.1 Å². The van der Waals surface area contributed by atoms with Crippen LogP contribution >= 0.6 is 0 Å². The van der Waals surface area contributed by atoms with E-state index in [1.54, 1.807) is 0 Å². The topological polar surface area (TPSA) is 84.5 Å². The van der Waals surface area contributed by atoms with E-state index < -0.39 is 11.9 Å². The highest BCUT2D eigenvalue weighted by Gasteiger charge is 2.12. The summed E-state index contributed by atoms with van der Waals surface area (Å²) in [6.07, 6.45) is -0.0996. The summed E-state index contributed by atoms with van der Waals surface area (Å²) in [4.78, 5) is 35.8. The van der Waals surface area contributed by atoms with Crippen LogP contribution in [0, 0.1) is 27.7 Å². The SMILES string of the molecule is Cc1ccc(NC(=O)CCC(=O)OCC(=O)Nc2c(C)cccc2C)cc1C. The summed E-state index contributed by atoms with van der Waals surface area (Å²) in [6.45, 7) is 7.36. The van der Waals surface area contributed by atoms with Crippen LogP contribution in [0.25, 0.3) is 0 Å². The Hall–Kier alpha value is -3.15. The summed E-state index contributed by atoms with van der Waals surface area (Å²) in [5.41, 5.74) is 5.49. The molecule has 0 fully saturated rings. The van der Waals surface area contributed by atoms with Gasteiger partial charge in [0.2, 0.25) is 5.91 Å². The van der Waals surface area contributed by atoms with Gasteiger partial charge in [0.1, 0.15) is 0 Å². The van der Waals surface area contributed by atoms with Gasteiger partial charge in [-0.25, -0.2) is 0 Å². The van der Waals surface area contributed by atoms with Crippen molar-refractivity contribution >= 4 is 29.2 Å². The highest BCUT2D eigenvalue weighted by atomic mass is 16.5. The molecule has 2 rings (SSSR count). The summed E-state index contributed by atoms with van der Waals surface area (Å²) in [7, 11) is 0. The van der Waals surface area contributed by atoms with Crippen molar-refractivity contribution in [3.8, 4) is 0 Å². The summed E-state index contributed by atoms with van der Waals surface area (Å²) >= 11 is 0. The predicted molar refractivity (Wildman–Crippen MR) is 109 cm³/mol. The van der Waals surface area contributed by atoms with E-state index in [9.17, 15) is 14.4 Å². The fourth-order valence-corrected chi connectivity index (χ4v) is 2.66. The van der Waals surface area contributed by atoms with Crippen molar-refractivity contribution in [2.45, 2.75) is 40.5 Å². The Morgan fingerprint density at radius 1 is 0.786 bits per heavy atom. The molecule has 2 amide bonds. The molecule has 2 aromatic carbocycles. The lowest BCUT2D eigenvalue weighted by Gasteiger charge is -2.11. The number of nitrogens with one attached hydrogen (secondary N) is 2. The molecular weight excluding hydrogens is 356 g/mol. The summed E-state index contributed by atoms with van der Waals surface area (Å²) in [6, 6.07) is 11.3. The zero-order valence-corrected chi connectivity index (χ0v) is 16.7. The van der Waals surface area contributed by atoms with Gasteiger partial charge in [0.05, 0.1) is 6.42 Å². The molecule has 0 aliphatic carbocycles. The summed E-state index contributed by atoms with van der Waals surface area (Å²) in [5, 5.41) is 5.50. The van der Waals surface area contributed by atoms with Gasteiger partial charge in [0, 0.05) is 17.8 Å². The minimum atomic E-state index is -0.591. The number of rotatable bonds is 7. The highest BCUT2D eigenvalue weighted by Crippen LogP contribution is 2.19. The molecule has 0 aliphatic heterocycles. The first-order chi connectivity index (χ1) is 13.3. The van der Waals surface area contributed by atoms with Gasteiger partial charge in [0.15, 0.2) is 6.61 Å². The van der Waals surface area contributed by atoms with Gasteiger partial charge in [-0.15, -0.1) is 0 Å². The molecule has 0 saturated heterocycles. The molecule has 148 valence electrons. The lowest BCUT2D eigenvalue weighted by atomic mass is 10.1. The first-order valence-electron chi connectivity index (χ1n) is 9.15. The molecule has 0 bridgehead atoms. The van der Waals surface area contributed by atoms with Crippen molar-refractivity contribution in [2.75, 3.05) is 17.2 Å². The number of carbonyl (C=O) groups excluding carboxylic acids is 3.